The number of anilines is 1. The second kappa shape index (κ2) is 6.04. The van der Waals surface area contributed by atoms with Gasteiger partial charge in [0.1, 0.15) is 4.90 Å². The van der Waals surface area contributed by atoms with Crippen molar-refractivity contribution in [3.8, 4) is 0 Å². The average Bonchev–Trinajstić information content (AvgIpc) is 2.45. The molecule has 114 valence electrons. The highest BCUT2D eigenvalue weighted by Crippen LogP contribution is 2.32. The first kappa shape index (κ1) is 16.4. The Morgan fingerprint density at radius 1 is 1.48 bits per heavy atom. The fourth-order valence-electron chi connectivity index (χ4n) is 2.04. The standard InChI is InChI=1S/C14H17ClN2O2S2/c1-9(2)6-7-17-10(3)14(20)16-12-5-4-11(15)8-13(12)21(17,18)19/h4-6,8,10H,7H2,1-3H3,(H,16,20). The Labute approximate surface area is 135 Å². The van der Waals surface area contributed by atoms with E-state index in [9.17, 15) is 8.42 Å². The predicted octanol–water partition coefficient (Wildman–Crippen LogP) is 3.44. The van der Waals surface area contributed by atoms with E-state index in [2.05, 4.69) is 5.32 Å². The molecule has 0 amide bonds. The second-order valence-corrected chi connectivity index (χ2v) is 7.90. The number of nitrogens with one attached hydrogen (secondary N) is 1. The monoisotopic (exact) mass is 344 g/mol. The summed E-state index contributed by atoms with van der Waals surface area (Å²) < 4.78 is 27.2. The minimum absolute atomic E-state index is 0.156. The number of fused-ring (bicyclic) bond motifs is 1. The van der Waals surface area contributed by atoms with Gasteiger partial charge in [-0.05, 0) is 39.0 Å². The van der Waals surface area contributed by atoms with E-state index in [1.165, 1.54) is 10.4 Å². The van der Waals surface area contributed by atoms with Gasteiger partial charge in [-0.3, -0.25) is 0 Å². The number of benzene rings is 1. The fraction of sp³-hybridized carbons (Fsp3) is 0.357. The van der Waals surface area contributed by atoms with Crippen LogP contribution >= 0.6 is 23.8 Å². The van der Waals surface area contributed by atoms with Gasteiger partial charge in [0, 0.05) is 11.6 Å². The Morgan fingerprint density at radius 3 is 2.76 bits per heavy atom. The van der Waals surface area contributed by atoms with E-state index in [1.54, 1.807) is 19.1 Å². The summed E-state index contributed by atoms with van der Waals surface area (Å²) in [5.74, 6) is 0. The van der Waals surface area contributed by atoms with Crippen molar-refractivity contribution in [2.45, 2.75) is 31.7 Å². The first-order chi connectivity index (χ1) is 9.73. The van der Waals surface area contributed by atoms with E-state index in [-0.39, 0.29) is 11.4 Å². The summed E-state index contributed by atoms with van der Waals surface area (Å²) in [7, 11) is -3.67. The molecular formula is C14H17ClN2O2S2. The molecule has 2 rings (SSSR count). The van der Waals surface area contributed by atoms with Crippen LogP contribution in [0.4, 0.5) is 5.69 Å². The number of nitrogens with zero attached hydrogens (tertiary/aromatic N) is 1. The van der Waals surface area contributed by atoms with Crippen LogP contribution in [0.2, 0.25) is 5.02 Å². The van der Waals surface area contributed by atoms with E-state index in [1.807, 2.05) is 19.9 Å². The van der Waals surface area contributed by atoms with E-state index in [4.69, 9.17) is 23.8 Å². The second-order valence-electron chi connectivity index (χ2n) is 5.16. The van der Waals surface area contributed by atoms with Crippen LogP contribution in [-0.4, -0.2) is 30.3 Å². The minimum atomic E-state index is -3.67. The van der Waals surface area contributed by atoms with E-state index >= 15 is 0 Å². The van der Waals surface area contributed by atoms with Crippen molar-refractivity contribution in [2.24, 2.45) is 0 Å². The minimum Gasteiger partial charge on any atom is -0.348 e. The molecule has 0 bridgehead atoms. The van der Waals surface area contributed by atoms with Crippen LogP contribution in [0.3, 0.4) is 0 Å². The molecule has 0 saturated carbocycles. The molecule has 0 spiro atoms. The lowest BCUT2D eigenvalue weighted by Gasteiger charge is -2.24. The van der Waals surface area contributed by atoms with Gasteiger partial charge in [0.05, 0.1) is 16.7 Å². The van der Waals surface area contributed by atoms with Gasteiger partial charge in [0.2, 0.25) is 10.0 Å². The summed E-state index contributed by atoms with van der Waals surface area (Å²) >= 11 is 11.3. The zero-order valence-corrected chi connectivity index (χ0v) is 14.4. The number of rotatable bonds is 2. The quantitative estimate of drug-likeness (QED) is 0.659. The van der Waals surface area contributed by atoms with Crippen LogP contribution in [0, 0.1) is 0 Å². The summed E-state index contributed by atoms with van der Waals surface area (Å²) in [6.07, 6.45) is 1.87. The van der Waals surface area contributed by atoms with Crippen molar-refractivity contribution in [1.82, 2.24) is 4.31 Å². The van der Waals surface area contributed by atoms with Crippen LogP contribution in [0.25, 0.3) is 0 Å². The molecule has 1 aliphatic rings. The molecule has 0 aliphatic carbocycles. The van der Waals surface area contributed by atoms with Crippen molar-refractivity contribution in [1.29, 1.82) is 0 Å². The highest BCUT2D eigenvalue weighted by atomic mass is 35.5. The summed E-state index contributed by atoms with van der Waals surface area (Å²) in [5, 5.41) is 3.38. The van der Waals surface area contributed by atoms with Crippen molar-refractivity contribution in [3.63, 3.8) is 0 Å². The lowest BCUT2D eigenvalue weighted by Crippen LogP contribution is -2.42. The summed E-state index contributed by atoms with van der Waals surface area (Å²) in [6.45, 7) is 5.91. The third-order valence-electron chi connectivity index (χ3n) is 3.28. The number of hydrogen-bond acceptors (Lipinski definition) is 3. The Kier molecular flexibility index (Phi) is 4.72. The maximum Gasteiger partial charge on any atom is 0.246 e. The van der Waals surface area contributed by atoms with Gasteiger partial charge in [-0.2, -0.15) is 4.31 Å². The molecule has 1 aliphatic heterocycles. The summed E-state index contributed by atoms with van der Waals surface area (Å²) in [5.41, 5.74) is 1.52. The van der Waals surface area contributed by atoms with E-state index in [0.717, 1.165) is 5.57 Å². The SMILES string of the molecule is CC(C)=CCN1C(C)C(=S)Nc2ccc(Cl)cc2S1(=O)=O. The van der Waals surface area contributed by atoms with Gasteiger partial charge >= 0.3 is 0 Å². The summed E-state index contributed by atoms with van der Waals surface area (Å²) in [4.78, 5) is 0.630. The molecule has 0 fully saturated rings. The highest BCUT2D eigenvalue weighted by molar-refractivity contribution is 7.89. The van der Waals surface area contributed by atoms with Gasteiger partial charge in [0.15, 0.2) is 0 Å². The Bertz CT molecular complexity index is 710. The topological polar surface area (TPSA) is 49.4 Å². The first-order valence-electron chi connectivity index (χ1n) is 6.49. The third-order valence-corrected chi connectivity index (χ3v) is 5.93. The van der Waals surface area contributed by atoms with E-state index in [0.29, 0.717) is 15.7 Å². The molecule has 1 atom stereocenters. The third kappa shape index (κ3) is 3.29. The van der Waals surface area contributed by atoms with Crippen LogP contribution < -0.4 is 5.32 Å². The molecule has 1 heterocycles. The Hall–Kier alpha value is -0.950. The molecule has 0 saturated heterocycles. The van der Waals surface area contributed by atoms with Gasteiger partial charge in [0.25, 0.3) is 0 Å². The molecule has 1 N–H and O–H groups in total. The van der Waals surface area contributed by atoms with Crippen LogP contribution in [0.1, 0.15) is 20.8 Å². The maximum atomic E-state index is 12.9. The molecule has 1 aromatic carbocycles. The molecule has 7 heteroatoms. The number of thiocarbonyl (C=S) groups is 1. The Morgan fingerprint density at radius 2 is 2.14 bits per heavy atom. The van der Waals surface area contributed by atoms with E-state index < -0.39 is 16.1 Å². The smallest absolute Gasteiger partial charge is 0.246 e. The van der Waals surface area contributed by atoms with Crippen LogP contribution in [-0.2, 0) is 10.0 Å². The largest absolute Gasteiger partial charge is 0.348 e. The molecule has 0 aromatic heterocycles. The van der Waals surface area contributed by atoms with Crippen molar-refractivity contribution in [2.75, 3.05) is 11.9 Å². The average molecular weight is 345 g/mol. The molecule has 0 radical (unpaired) electrons. The van der Waals surface area contributed by atoms with Crippen LogP contribution in [0.15, 0.2) is 34.7 Å². The van der Waals surface area contributed by atoms with Gasteiger partial charge in [-0.15, -0.1) is 0 Å². The van der Waals surface area contributed by atoms with Gasteiger partial charge in [-0.25, -0.2) is 8.42 Å². The predicted molar refractivity (Wildman–Crippen MR) is 90.5 cm³/mol. The Balaban J connectivity index is 2.60. The van der Waals surface area contributed by atoms with Gasteiger partial charge < -0.3 is 5.32 Å². The van der Waals surface area contributed by atoms with Crippen LogP contribution in [0.5, 0.6) is 0 Å². The fourth-order valence-corrected chi connectivity index (χ4v) is 4.30. The number of hydrogen-bond donors (Lipinski definition) is 1. The molecular weight excluding hydrogens is 328 g/mol. The zero-order chi connectivity index (χ0) is 15.8. The number of halogens is 1. The van der Waals surface area contributed by atoms with Gasteiger partial charge in [-0.1, -0.05) is 35.5 Å². The van der Waals surface area contributed by atoms with Crippen molar-refractivity contribution < 1.29 is 8.42 Å². The lowest BCUT2D eigenvalue weighted by atomic mass is 10.2. The lowest BCUT2D eigenvalue weighted by molar-refractivity contribution is 0.425. The normalized spacial score (nSPS) is 21.1. The van der Waals surface area contributed by atoms with Crippen molar-refractivity contribution >= 4 is 44.5 Å². The molecule has 1 aromatic rings. The maximum absolute atomic E-state index is 12.9. The first-order valence-corrected chi connectivity index (χ1v) is 8.71. The van der Waals surface area contributed by atoms with Crippen molar-refractivity contribution in [3.05, 3.63) is 34.9 Å². The summed E-state index contributed by atoms with van der Waals surface area (Å²) in [6, 6.07) is 4.31. The number of sulfonamides is 1. The molecule has 4 nitrogen and oxygen atoms in total. The molecule has 1 unspecified atom stereocenters. The zero-order valence-electron chi connectivity index (χ0n) is 12.1. The number of allylic oxidation sites excluding steroid dienone is 1. The molecule has 21 heavy (non-hydrogen) atoms. The highest BCUT2D eigenvalue weighted by Gasteiger charge is 2.35.